The highest BCUT2D eigenvalue weighted by atomic mass is 15.3. The van der Waals surface area contributed by atoms with Crippen molar-refractivity contribution in [3.63, 3.8) is 0 Å². The van der Waals surface area contributed by atoms with Crippen LogP contribution in [0, 0.1) is 0 Å². The van der Waals surface area contributed by atoms with Gasteiger partial charge in [-0.3, -0.25) is 4.98 Å². The van der Waals surface area contributed by atoms with E-state index >= 15 is 0 Å². The Bertz CT molecular complexity index is 841. The summed E-state index contributed by atoms with van der Waals surface area (Å²) in [5.74, 6) is 1.01. The third kappa shape index (κ3) is 2.63. The number of nitrogens with one attached hydrogen (secondary N) is 1. The molecule has 3 aromatic rings. The van der Waals surface area contributed by atoms with Crippen LogP contribution in [0.1, 0.15) is 19.5 Å². The first-order valence-corrected chi connectivity index (χ1v) is 8.53. The van der Waals surface area contributed by atoms with E-state index in [1.807, 2.05) is 29.0 Å². The fourth-order valence-corrected chi connectivity index (χ4v) is 3.32. The molecule has 4 rings (SSSR count). The van der Waals surface area contributed by atoms with Gasteiger partial charge in [0.05, 0.1) is 11.4 Å². The molecule has 6 heteroatoms. The maximum absolute atomic E-state index is 4.91. The van der Waals surface area contributed by atoms with Crippen molar-refractivity contribution in [2.24, 2.45) is 0 Å². The Kier molecular flexibility index (Phi) is 3.90. The first-order valence-electron chi connectivity index (χ1n) is 8.53. The quantitative estimate of drug-likeness (QED) is 0.801. The molecule has 0 saturated carbocycles. The number of pyridine rings is 1. The van der Waals surface area contributed by atoms with E-state index in [0.717, 1.165) is 54.5 Å². The van der Waals surface area contributed by atoms with Crippen molar-refractivity contribution in [2.45, 2.75) is 26.3 Å². The van der Waals surface area contributed by atoms with Crippen molar-refractivity contribution in [1.82, 2.24) is 24.9 Å². The van der Waals surface area contributed by atoms with E-state index in [1.54, 1.807) is 0 Å². The number of aromatic nitrogens is 4. The van der Waals surface area contributed by atoms with Crippen molar-refractivity contribution in [2.75, 3.05) is 24.5 Å². The third-order valence-electron chi connectivity index (χ3n) is 4.52. The van der Waals surface area contributed by atoms with Gasteiger partial charge in [-0.25, -0.2) is 9.50 Å². The summed E-state index contributed by atoms with van der Waals surface area (Å²) in [7, 11) is 0. The molecule has 1 N–H and O–H groups in total. The number of hydrogen-bond donors (Lipinski definition) is 1. The molecule has 3 aromatic heterocycles. The number of rotatable bonds is 3. The van der Waals surface area contributed by atoms with Crippen molar-refractivity contribution in [3.05, 3.63) is 42.4 Å². The van der Waals surface area contributed by atoms with Crippen molar-refractivity contribution >= 4 is 11.5 Å². The van der Waals surface area contributed by atoms with E-state index in [0.29, 0.717) is 6.04 Å². The van der Waals surface area contributed by atoms with Gasteiger partial charge in [0.15, 0.2) is 5.65 Å². The summed E-state index contributed by atoms with van der Waals surface area (Å²) in [5, 5.41) is 8.38. The molecule has 0 bridgehead atoms. The fraction of sp³-hybridized carbons (Fsp3) is 0.389. The predicted molar refractivity (Wildman–Crippen MR) is 95.3 cm³/mol. The molecule has 1 saturated heterocycles. The number of nitrogens with zero attached hydrogens (tertiary/aromatic N) is 5. The van der Waals surface area contributed by atoms with Crippen molar-refractivity contribution in [3.8, 4) is 11.3 Å². The zero-order valence-electron chi connectivity index (χ0n) is 14.1. The topological polar surface area (TPSA) is 58.4 Å². The van der Waals surface area contributed by atoms with Crippen LogP contribution in [-0.4, -0.2) is 45.3 Å². The van der Waals surface area contributed by atoms with Crippen LogP contribution in [0.4, 0.5) is 5.82 Å². The summed E-state index contributed by atoms with van der Waals surface area (Å²) in [4.78, 5) is 11.2. The van der Waals surface area contributed by atoms with Crippen LogP contribution in [0.3, 0.4) is 0 Å². The maximum Gasteiger partial charge on any atom is 0.154 e. The van der Waals surface area contributed by atoms with Gasteiger partial charge in [0, 0.05) is 43.6 Å². The molecule has 0 amide bonds. The minimum atomic E-state index is 0.477. The molecular weight excluding hydrogens is 300 g/mol. The minimum absolute atomic E-state index is 0.477. The normalized spacial score (nSPS) is 18.2. The highest BCUT2D eigenvalue weighted by Gasteiger charge is 2.19. The maximum atomic E-state index is 4.91. The first-order chi connectivity index (χ1) is 11.8. The lowest BCUT2D eigenvalue weighted by atomic mass is 10.1. The van der Waals surface area contributed by atoms with E-state index in [-0.39, 0.29) is 0 Å². The summed E-state index contributed by atoms with van der Waals surface area (Å²) >= 11 is 0. The highest BCUT2D eigenvalue weighted by molar-refractivity contribution is 5.67. The molecule has 1 fully saturated rings. The molecule has 6 nitrogen and oxygen atoms in total. The van der Waals surface area contributed by atoms with Gasteiger partial charge >= 0.3 is 0 Å². The molecule has 24 heavy (non-hydrogen) atoms. The molecule has 1 unspecified atom stereocenters. The number of aryl methyl sites for hydroxylation is 1. The largest absolute Gasteiger partial charge is 0.352 e. The zero-order chi connectivity index (χ0) is 16.5. The molecule has 4 heterocycles. The van der Waals surface area contributed by atoms with Gasteiger partial charge < -0.3 is 10.2 Å². The Balaban J connectivity index is 1.83. The number of fused-ring (bicyclic) bond motifs is 1. The van der Waals surface area contributed by atoms with Crippen LogP contribution in [0.2, 0.25) is 0 Å². The van der Waals surface area contributed by atoms with Crippen molar-refractivity contribution < 1.29 is 0 Å². The second-order valence-electron chi connectivity index (χ2n) is 6.26. The van der Waals surface area contributed by atoms with E-state index in [2.05, 4.69) is 41.2 Å². The Morgan fingerprint density at radius 3 is 2.79 bits per heavy atom. The summed E-state index contributed by atoms with van der Waals surface area (Å²) in [6, 6.07) is 8.66. The minimum Gasteiger partial charge on any atom is -0.352 e. The van der Waals surface area contributed by atoms with Gasteiger partial charge in [0.2, 0.25) is 0 Å². The highest BCUT2D eigenvalue weighted by Crippen LogP contribution is 2.26. The summed E-state index contributed by atoms with van der Waals surface area (Å²) in [5.41, 5.74) is 4.14. The number of piperazine rings is 1. The number of imidazole rings is 1. The Labute approximate surface area is 141 Å². The predicted octanol–water partition coefficient (Wildman–Crippen LogP) is 2.15. The van der Waals surface area contributed by atoms with Gasteiger partial charge in [-0.1, -0.05) is 6.92 Å². The molecule has 1 atom stereocenters. The molecule has 124 valence electrons. The number of anilines is 1. The van der Waals surface area contributed by atoms with Crippen LogP contribution in [0.15, 0.2) is 36.7 Å². The lowest BCUT2D eigenvalue weighted by Crippen LogP contribution is -2.49. The smallest absolute Gasteiger partial charge is 0.154 e. The van der Waals surface area contributed by atoms with Crippen LogP contribution in [0.5, 0.6) is 0 Å². The molecule has 1 aliphatic heterocycles. The SMILES string of the molecule is CCc1nc2ccc(N3CCNC(C)C3)nn2c1-c1ccncc1. The van der Waals surface area contributed by atoms with Gasteiger partial charge in [0.1, 0.15) is 5.82 Å². The second kappa shape index (κ2) is 6.20. The average Bonchev–Trinajstić information content (AvgIpc) is 3.00. The van der Waals surface area contributed by atoms with Gasteiger partial charge in [-0.2, -0.15) is 0 Å². The molecule has 1 aliphatic rings. The molecule has 0 radical (unpaired) electrons. The van der Waals surface area contributed by atoms with Gasteiger partial charge in [-0.15, -0.1) is 5.10 Å². The lowest BCUT2D eigenvalue weighted by molar-refractivity contribution is 0.481. The van der Waals surface area contributed by atoms with Crippen LogP contribution < -0.4 is 10.2 Å². The Morgan fingerprint density at radius 2 is 2.04 bits per heavy atom. The monoisotopic (exact) mass is 322 g/mol. The summed E-state index contributed by atoms with van der Waals surface area (Å²) in [6.07, 6.45) is 4.51. The molecule has 0 aromatic carbocycles. The van der Waals surface area contributed by atoms with Crippen LogP contribution in [0.25, 0.3) is 16.9 Å². The Hall–Kier alpha value is -2.47. The molecular formula is C18H22N6. The Morgan fingerprint density at radius 1 is 1.21 bits per heavy atom. The second-order valence-corrected chi connectivity index (χ2v) is 6.26. The first kappa shape index (κ1) is 15.1. The summed E-state index contributed by atoms with van der Waals surface area (Å²) < 4.78 is 1.98. The van der Waals surface area contributed by atoms with E-state index < -0.39 is 0 Å². The van der Waals surface area contributed by atoms with Crippen LogP contribution in [-0.2, 0) is 6.42 Å². The third-order valence-corrected chi connectivity index (χ3v) is 4.52. The van der Waals surface area contributed by atoms with E-state index in [4.69, 9.17) is 10.1 Å². The zero-order valence-corrected chi connectivity index (χ0v) is 14.1. The van der Waals surface area contributed by atoms with E-state index in [9.17, 15) is 0 Å². The standard InChI is InChI=1S/C18H22N6/c1-3-15-18(14-6-8-19-9-7-14)24-16(21-15)4-5-17(22-24)23-11-10-20-13(2)12-23/h4-9,13,20H,3,10-12H2,1-2H3. The van der Waals surface area contributed by atoms with Gasteiger partial charge in [-0.05, 0) is 37.6 Å². The van der Waals surface area contributed by atoms with Gasteiger partial charge in [0.25, 0.3) is 0 Å². The fourth-order valence-electron chi connectivity index (χ4n) is 3.32. The van der Waals surface area contributed by atoms with Crippen LogP contribution >= 0.6 is 0 Å². The molecule has 0 aliphatic carbocycles. The molecule has 0 spiro atoms. The summed E-state index contributed by atoms with van der Waals surface area (Å²) in [6.45, 7) is 7.27. The van der Waals surface area contributed by atoms with Crippen molar-refractivity contribution in [1.29, 1.82) is 0 Å². The average molecular weight is 322 g/mol. The van der Waals surface area contributed by atoms with E-state index in [1.165, 1.54) is 0 Å². The number of hydrogen-bond acceptors (Lipinski definition) is 5. The lowest BCUT2D eigenvalue weighted by Gasteiger charge is -2.32.